The third-order valence-corrected chi connectivity index (χ3v) is 4.94. The molecule has 2 unspecified atom stereocenters. The van der Waals surface area contributed by atoms with Crippen molar-refractivity contribution in [3.05, 3.63) is 84.5 Å². The first-order valence-electron chi connectivity index (χ1n) is 9.43. The summed E-state index contributed by atoms with van der Waals surface area (Å²) in [7, 11) is 0. The molecule has 0 aliphatic carbocycles. The van der Waals surface area contributed by atoms with E-state index in [0.29, 0.717) is 12.0 Å². The van der Waals surface area contributed by atoms with Gasteiger partial charge in [0.25, 0.3) is 17.6 Å². The van der Waals surface area contributed by atoms with Crippen LogP contribution in [0.3, 0.4) is 0 Å². The SMILES string of the molecule is C=CCC1C(=O)NC(c2ccccc2)CN1C(=O)c1noc(-c2ccc(F)cc2)n1. The molecule has 0 bridgehead atoms. The number of halogens is 1. The number of hydrogen-bond acceptors (Lipinski definition) is 5. The van der Waals surface area contributed by atoms with Crippen LogP contribution in [-0.2, 0) is 4.79 Å². The average molecular weight is 406 g/mol. The van der Waals surface area contributed by atoms with Crippen LogP contribution in [0.15, 0.2) is 71.8 Å². The summed E-state index contributed by atoms with van der Waals surface area (Å²) in [4.78, 5) is 31.5. The van der Waals surface area contributed by atoms with Gasteiger partial charge in [-0.3, -0.25) is 9.59 Å². The Morgan fingerprint density at radius 1 is 1.23 bits per heavy atom. The quantitative estimate of drug-likeness (QED) is 0.658. The molecule has 8 heteroatoms. The summed E-state index contributed by atoms with van der Waals surface area (Å²) >= 11 is 0. The van der Waals surface area contributed by atoms with Gasteiger partial charge in [0.2, 0.25) is 5.91 Å². The highest BCUT2D eigenvalue weighted by Gasteiger charge is 2.39. The van der Waals surface area contributed by atoms with Crippen molar-refractivity contribution in [1.82, 2.24) is 20.4 Å². The number of piperazine rings is 1. The molecule has 2 amide bonds. The van der Waals surface area contributed by atoms with Gasteiger partial charge in [-0.15, -0.1) is 6.58 Å². The Bertz CT molecular complexity index is 1070. The summed E-state index contributed by atoms with van der Waals surface area (Å²) < 4.78 is 18.3. The molecular weight excluding hydrogens is 387 g/mol. The summed E-state index contributed by atoms with van der Waals surface area (Å²) in [6.07, 6.45) is 1.88. The van der Waals surface area contributed by atoms with Crippen molar-refractivity contribution in [3.63, 3.8) is 0 Å². The van der Waals surface area contributed by atoms with Crippen LogP contribution in [0.25, 0.3) is 11.5 Å². The molecule has 152 valence electrons. The van der Waals surface area contributed by atoms with Crippen LogP contribution in [0.4, 0.5) is 4.39 Å². The lowest BCUT2D eigenvalue weighted by Gasteiger charge is -2.38. The zero-order chi connectivity index (χ0) is 21.1. The molecule has 7 nitrogen and oxygen atoms in total. The predicted octanol–water partition coefficient (Wildman–Crippen LogP) is 3.13. The summed E-state index contributed by atoms with van der Waals surface area (Å²) in [5.41, 5.74) is 1.38. The van der Waals surface area contributed by atoms with E-state index in [9.17, 15) is 14.0 Å². The Morgan fingerprint density at radius 2 is 1.97 bits per heavy atom. The van der Waals surface area contributed by atoms with Crippen LogP contribution >= 0.6 is 0 Å². The average Bonchev–Trinajstić information content (AvgIpc) is 3.26. The number of aromatic nitrogens is 2. The number of amides is 2. The molecule has 1 N–H and O–H groups in total. The van der Waals surface area contributed by atoms with Gasteiger partial charge in [0.05, 0.1) is 6.04 Å². The molecule has 0 saturated carbocycles. The highest BCUT2D eigenvalue weighted by molar-refractivity contribution is 5.96. The Morgan fingerprint density at radius 3 is 2.67 bits per heavy atom. The lowest BCUT2D eigenvalue weighted by Crippen LogP contribution is -2.58. The fraction of sp³-hybridized carbons (Fsp3) is 0.182. The van der Waals surface area contributed by atoms with E-state index in [1.165, 1.54) is 29.2 Å². The van der Waals surface area contributed by atoms with Crippen molar-refractivity contribution in [3.8, 4) is 11.5 Å². The maximum atomic E-state index is 13.2. The van der Waals surface area contributed by atoms with Gasteiger partial charge in [0, 0.05) is 12.1 Å². The number of benzene rings is 2. The van der Waals surface area contributed by atoms with Crippen LogP contribution < -0.4 is 5.32 Å². The molecule has 3 aromatic rings. The molecule has 2 heterocycles. The molecule has 1 aromatic heterocycles. The van der Waals surface area contributed by atoms with Gasteiger partial charge in [0.1, 0.15) is 11.9 Å². The fourth-order valence-corrected chi connectivity index (χ4v) is 3.42. The third kappa shape index (κ3) is 3.84. The van der Waals surface area contributed by atoms with Gasteiger partial charge in [-0.25, -0.2) is 4.39 Å². The van der Waals surface area contributed by atoms with Crippen molar-refractivity contribution in [2.75, 3.05) is 6.54 Å². The normalized spacial score (nSPS) is 18.7. The van der Waals surface area contributed by atoms with Crippen molar-refractivity contribution >= 4 is 11.8 Å². The lowest BCUT2D eigenvalue weighted by atomic mass is 9.99. The first kappa shape index (κ1) is 19.5. The number of hydrogen-bond donors (Lipinski definition) is 1. The molecule has 1 saturated heterocycles. The fourth-order valence-electron chi connectivity index (χ4n) is 3.42. The van der Waals surface area contributed by atoms with Crippen molar-refractivity contribution in [2.24, 2.45) is 0 Å². The maximum Gasteiger partial charge on any atom is 0.296 e. The molecule has 1 fully saturated rings. The van der Waals surface area contributed by atoms with E-state index in [-0.39, 0.29) is 30.2 Å². The van der Waals surface area contributed by atoms with Crippen LogP contribution in [-0.4, -0.2) is 39.4 Å². The first-order valence-corrected chi connectivity index (χ1v) is 9.43. The molecule has 0 radical (unpaired) electrons. The minimum absolute atomic E-state index is 0.0969. The highest BCUT2D eigenvalue weighted by atomic mass is 19.1. The monoisotopic (exact) mass is 406 g/mol. The van der Waals surface area contributed by atoms with Gasteiger partial charge < -0.3 is 14.7 Å². The number of nitrogens with zero attached hydrogens (tertiary/aromatic N) is 3. The van der Waals surface area contributed by atoms with E-state index >= 15 is 0 Å². The number of carbonyl (C=O) groups is 2. The summed E-state index contributed by atoms with van der Waals surface area (Å²) in [5, 5.41) is 6.74. The molecule has 2 atom stereocenters. The Hall–Kier alpha value is -3.81. The largest absolute Gasteiger partial charge is 0.346 e. The minimum atomic E-state index is -0.720. The van der Waals surface area contributed by atoms with Crippen LogP contribution in [0.1, 0.15) is 28.6 Å². The molecule has 4 rings (SSSR count). The van der Waals surface area contributed by atoms with Crippen molar-refractivity contribution in [2.45, 2.75) is 18.5 Å². The minimum Gasteiger partial charge on any atom is -0.346 e. The standard InChI is InChI=1S/C22H19FN4O3/c1-2-6-18-20(28)24-17(14-7-4-3-5-8-14)13-27(18)22(29)19-25-21(30-26-19)15-9-11-16(23)12-10-15/h2-5,7-12,17-18H,1,6,13H2,(H,24,28). The van der Waals surface area contributed by atoms with Gasteiger partial charge in [-0.05, 0) is 36.2 Å². The molecule has 2 aromatic carbocycles. The van der Waals surface area contributed by atoms with Crippen molar-refractivity contribution in [1.29, 1.82) is 0 Å². The molecule has 1 aliphatic heterocycles. The molecular formula is C22H19FN4O3. The van der Waals surface area contributed by atoms with E-state index < -0.39 is 17.8 Å². The lowest BCUT2D eigenvalue weighted by molar-refractivity contribution is -0.129. The van der Waals surface area contributed by atoms with Crippen LogP contribution in [0.5, 0.6) is 0 Å². The van der Waals surface area contributed by atoms with E-state index in [0.717, 1.165) is 5.56 Å². The molecule has 1 aliphatic rings. The summed E-state index contributed by atoms with van der Waals surface area (Å²) in [6.45, 7) is 3.94. The second kappa shape index (κ2) is 8.28. The number of nitrogens with one attached hydrogen (secondary N) is 1. The van der Waals surface area contributed by atoms with Crippen LogP contribution in [0, 0.1) is 5.82 Å². The Balaban J connectivity index is 1.61. The second-order valence-corrected chi connectivity index (χ2v) is 6.90. The third-order valence-electron chi connectivity index (χ3n) is 4.94. The van der Waals surface area contributed by atoms with Gasteiger partial charge >= 0.3 is 0 Å². The van der Waals surface area contributed by atoms with Gasteiger partial charge in [-0.1, -0.05) is 41.6 Å². The zero-order valence-corrected chi connectivity index (χ0v) is 16.0. The second-order valence-electron chi connectivity index (χ2n) is 6.90. The summed E-state index contributed by atoms with van der Waals surface area (Å²) in [5.74, 6) is -1.25. The van der Waals surface area contributed by atoms with Crippen LogP contribution in [0.2, 0.25) is 0 Å². The number of rotatable bonds is 5. The highest BCUT2D eigenvalue weighted by Crippen LogP contribution is 2.24. The first-order chi connectivity index (χ1) is 14.6. The predicted molar refractivity (Wildman–Crippen MR) is 107 cm³/mol. The number of carbonyl (C=O) groups excluding carboxylic acids is 2. The molecule has 0 spiro atoms. The van der Waals surface area contributed by atoms with Gasteiger partial charge in [-0.2, -0.15) is 4.98 Å². The van der Waals surface area contributed by atoms with E-state index in [4.69, 9.17) is 4.52 Å². The molecule has 30 heavy (non-hydrogen) atoms. The Labute approximate surface area is 172 Å². The van der Waals surface area contributed by atoms with Gasteiger partial charge in [0.15, 0.2) is 0 Å². The Kier molecular flexibility index (Phi) is 5.38. The van der Waals surface area contributed by atoms with E-state index in [1.54, 1.807) is 6.08 Å². The van der Waals surface area contributed by atoms with E-state index in [2.05, 4.69) is 22.0 Å². The zero-order valence-electron chi connectivity index (χ0n) is 16.0. The summed E-state index contributed by atoms with van der Waals surface area (Å²) in [6, 6.07) is 13.8. The van der Waals surface area contributed by atoms with E-state index in [1.807, 2.05) is 30.3 Å². The van der Waals surface area contributed by atoms with Crippen molar-refractivity contribution < 1.29 is 18.5 Å². The topological polar surface area (TPSA) is 88.3 Å². The smallest absolute Gasteiger partial charge is 0.296 e. The maximum absolute atomic E-state index is 13.2.